The Labute approximate surface area is 298 Å². The van der Waals surface area contributed by atoms with E-state index in [0.29, 0.717) is 22.5 Å². The number of fused-ring (bicyclic) bond motifs is 6. The summed E-state index contributed by atoms with van der Waals surface area (Å²) in [5, 5.41) is 1.80. The SMILES string of the molecule is COC(=O)c1ccc(C2(Cl)c3ccc([nH]3)C(c3n(C)cc[n+]3C)=c3ccc([nH]3)=CC3=NC(=C(c4n(C)cc[n+]4C)C4=NC2(Cl)C=C4)C=C3)cc1. The molecule has 50 heavy (non-hydrogen) atoms. The molecule has 2 unspecified atom stereocenters. The zero-order valence-corrected chi connectivity index (χ0v) is 29.6. The number of alkyl halides is 2. The Morgan fingerprint density at radius 1 is 0.860 bits per heavy atom. The molecule has 250 valence electrons. The molecule has 0 saturated carbocycles. The van der Waals surface area contributed by atoms with Crippen LogP contribution in [0.4, 0.5) is 0 Å². The third kappa shape index (κ3) is 4.81. The molecule has 0 radical (unpaired) electrons. The highest BCUT2D eigenvalue weighted by atomic mass is 35.5. The molecule has 0 aliphatic carbocycles. The van der Waals surface area contributed by atoms with Gasteiger partial charge in [-0.3, -0.25) is 4.99 Å². The van der Waals surface area contributed by atoms with E-state index in [4.69, 9.17) is 37.9 Å². The van der Waals surface area contributed by atoms with Crippen LogP contribution in [-0.2, 0) is 37.8 Å². The summed E-state index contributed by atoms with van der Waals surface area (Å²) in [5.74, 6) is 1.40. The smallest absolute Gasteiger partial charge is 0.337 e. The highest BCUT2D eigenvalue weighted by molar-refractivity contribution is 6.41. The second-order valence-corrected chi connectivity index (χ2v) is 13.8. The van der Waals surface area contributed by atoms with Crippen molar-refractivity contribution in [3.8, 4) is 0 Å². The van der Waals surface area contributed by atoms with Gasteiger partial charge in [0.1, 0.15) is 35.9 Å². The molecule has 2 N–H and O–H groups in total. The molecule has 0 amide bonds. The predicted octanol–water partition coefficient (Wildman–Crippen LogP) is 3.35. The number of nitrogens with one attached hydrogen (secondary N) is 2. The maximum absolute atomic E-state index is 12.4. The number of H-pyrrole nitrogens is 2. The molecular formula is C38H34Cl2N8O2+2. The van der Waals surface area contributed by atoms with Crippen LogP contribution in [0.5, 0.6) is 0 Å². The lowest BCUT2D eigenvalue weighted by Crippen LogP contribution is -2.41. The third-order valence-corrected chi connectivity index (χ3v) is 10.8. The van der Waals surface area contributed by atoms with Gasteiger partial charge >= 0.3 is 5.97 Å². The van der Waals surface area contributed by atoms with Crippen molar-refractivity contribution in [2.75, 3.05) is 7.11 Å². The Balaban J connectivity index is 1.46. The van der Waals surface area contributed by atoms with E-state index in [1.165, 1.54) is 7.11 Å². The number of aromatic amines is 2. The summed E-state index contributed by atoms with van der Waals surface area (Å²) in [6.07, 6.45) is 17.8. The Bertz CT molecular complexity index is 2480. The van der Waals surface area contributed by atoms with Gasteiger partial charge in [0.2, 0.25) is 0 Å². The van der Waals surface area contributed by atoms with Gasteiger partial charge in [-0.1, -0.05) is 23.7 Å². The van der Waals surface area contributed by atoms with Crippen LogP contribution >= 0.6 is 23.2 Å². The van der Waals surface area contributed by atoms with Gasteiger partial charge in [0.05, 0.1) is 69.0 Å². The topological polar surface area (TPSA) is 100 Å². The van der Waals surface area contributed by atoms with E-state index in [9.17, 15) is 4.79 Å². The number of imidazole rings is 2. The fraction of sp³-hybridized carbons (Fsp3) is 0.184. The largest absolute Gasteiger partial charge is 0.465 e. The second-order valence-electron chi connectivity index (χ2n) is 12.7. The summed E-state index contributed by atoms with van der Waals surface area (Å²) in [6.45, 7) is 0. The van der Waals surface area contributed by atoms with Crippen LogP contribution in [-0.4, -0.2) is 48.6 Å². The number of hydrogen-bond donors (Lipinski definition) is 2. The standard InChI is InChI=1S/C38H33Cl2N8O2/c1-45-18-19-46(2)34(45)32-27-12-10-25(41-27)22-26-11-13-28(42-26)33(35-47(3)20-21-48(35)4)30-16-17-37(39,44-30)38(40,31-15-14-29(32)43-31)24-8-6-23(7-9-24)36(49)50-5/h6-22H,1-5H3,(H,41,42,43)/q+1/p+1. The minimum Gasteiger partial charge on any atom is -0.465 e. The van der Waals surface area contributed by atoms with E-state index in [-0.39, 0.29) is 0 Å². The number of allylic oxidation sites excluding steroid dienone is 4. The number of carbonyl (C=O) groups excluding carboxylic acids is 1. The van der Waals surface area contributed by atoms with Crippen molar-refractivity contribution in [2.24, 2.45) is 38.2 Å². The zero-order chi connectivity index (χ0) is 34.9. The Morgan fingerprint density at radius 3 is 2.22 bits per heavy atom. The third-order valence-electron chi connectivity index (χ3n) is 9.53. The quantitative estimate of drug-likeness (QED) is 0.130. The number of carbonyl (C=O) groups is 1. The molecule has 0 saturated heterocycles. The van der Waals surface area contributed by atoms with Crippen molar-refractivity contribution in [1.82, 2.24) is 19.1 Å². The molecule has 5 aromatic rings. The minimum absolute atomic E-state index is 0.391. The zero-order valence-electron chi connectivity index (χ0n) is 28.1. The number of esters is 1. The van der Waals surface area contributed by atoms with Gasteiger partial charge in [-0.25, -0.2) is 28.1 Å². The lowest BCUT2D eigenvalue weighted by atomic mass is 9.86. The number of nitrogens with zero attached hydrogens (tertiary/aromatic N) is 6. The molecule has 12 heteroatoms. The molecule has 7 heterocycles. The van der Waals surface area contributed by atoms with E-state index in [2.05, 4.69) is 25.2 Å². The van der Waals surface area contributed by atoms with Gasteiger partial charge in [-0.15, -0.1) is 11.6 Å². The Kier molecular flexibility index (Phi) is 7.36. The van der Waals surface area contributed by atoms with Gasteiger partial charge in [0.25, 0.3) is 11.6 Å². The molecular weight excluding hydrogens is 671 g/mol. The molecule has 4 aromatic heterocycles. The summed E-state index contributed by atoms with van der Waals surface area (Å²) in [6, 6.07) is 15.0. The number of aliphatic imine (C=N–C) groups is 2. The molecule has 3 aliphatic rings. The highest BCUT2D eigenvalue weighted by Gasteiger charge is 2.54. The summed E-state index contributed by atoms with van der Waals surface area (Å²) in [7, 11) is 9.35. The summed E-state index contributed by atoms with van der Waals surface area (Å²) in [5.41, 5.74) is 6.34. The highest BCUT2D eigenvalue weighted by Crippen LogP contribution is 2.53. The first-order chi connectivity index (χ1) is 24.0. The number of halogens is 2. The van der Waals surface area contributed by atoms with E-state index in [1.54, 1.807) is 24.3 Å². The van der Waals surface area contributed by atoms with Gasteiger partial charge in [0.15, 0.2) is 9.87 Å². The van der Waals surface area contributed by atoms with Gasteiger partial charge in [-0.2, -0.15) is 0 Å². The van der Waals surface area contributed by atoms with Crippen LogP contribution in [0.2, 0.25) is 0 Å². The molecule has 8 rings (SSSR count). The maximum Gasteiger partial charge on any atom is 0.337 e. The Hall–Kier alpha value is -5.45. The second kappa shape index (κ2) is 11.6. The van der Waals surface area contributed by atoms with Crippen LogP contribution in [0, 0.1) is 0 Å². The van der Waals surface area contributed by atoms with E-state index in [0.717, 1.165) is 50.6 Å². The molecule has 2 atom stereocenters. The first-order valence-electron chi connectivity index (χ1n) is 16.0. The first-order valence-corrected chi connectivity index (χ1v) is 16.8. The van der Waals surface area contributed by atoms with Gasteiger partial charge in [-0.05, 0) is 72.3 Å². The first kappa shape index (κ1) is 31.8. The van der Waals surface area contributed by atoms with Crippen molar-refractivity contribution in [3.05, 3.63) is 148 Å². The molecule has 0 spiro atoms. The summed E-state index contributed by atoms with van der Waals surface area (Å²) >= 11 is 15.6. The molecule has 3 aliphatic heterocycles. The predicted molar refractivity (Wildman–Crippen MR) is 193 cm³/mol. The number of aromatic nitrogens is 6. The van der Waals surface area contributed by atoms with E-state index >= 15 is 0 Å². The average molecular weight is 706 g/mol. The Morgan fingerprint density at radius 2 is 1.56 bits per heavy atom. The van der Waals surface area contributed by atoms with Crippen molar-refractivity contribution >= 4 is 57.8 Å². The molecule has 10 nitrogen and oxygen atoms in total. The van der Waals surface area contributed by atoms with Crippen molar-refractivity contribution < 1.29 is 18.7 Å². The number of aryl methyl sites for hydroxylation is 4. The number of hydrogen-bond acceptors (Lipinski definition) is 4. The van der Waals surface area contributed by atoms with Gasteiger partial charge in [0, 0.05) is 11.0 Å². The van der Waals surface area contributed by atoms with E-state index in [1.807, 2.05) is 111 Å². The normalized spacial score (nSPS) is 21.1. The van der Waals surface area contributed by atoms with Crippen LogP contribution in [0.15, 0.2) is 113 Å². The van der Waals surface area contributed by atoms with Crippen LogP contribution in [0.1, 0.15) is 39.0 Å². The van der Waals surface area contributed by atoms with Crippen LogP contribution in [0.3, 0.4) is 0 Å². The lowest BCUT2D eigenvalue weighted by molar-refractivity contribution is -0.673. The monoisotopic (exact) mass is 704 g/mol. The maximum atomic E-state index is 12.4. The summed E-state index contributed by atoms with van der Waals surface area (Å²) in [4.78, 5) is 27.0. The van der Waals surface area contributed by atoms with Crippen molar-refractivity contribution in [1.29, 1.82) is 0 Å². The average Bonchev–Trinajstić information content (AvgIpc) is 3.98. The van der Waals surface area contributed by atoms with E-state index < -0.39 is 15.8 Å². The van der Waals surface area contributed by atoms with Crippen LogP contribution < -0.4 is 19.8 Å². The molecule has 8 bridgehead atoms. The van der Waals surface area contributed by atoms with Crippen LogP contribution in [0.25, 0.3) is 17.2 Å². The minimum atomic E-state index is -1.51. The van der Waals surface area contributed by atoms with Gasteiger partial charge < -0.3 is 14.7 Å². The number of benzene rings is 1. The number of rotatable bonds is 4. The van der Waals surface area contributed by atoms with Crippen molar-refractivity contribution in [3.63, 3.8) is 0 Å². The summed E-state index contributed by atoms with van der Waals surface area (Å²) < 4.78 is 13.2. The molecule has 0 fully saturated rings. The van der Waals surface area contributed by atoms with Crippen molar-refractivity contribution in [2.45, 2.75) is 9.87 Å². The fourth-order valence-electron chi connectivity index (χ4n) is 7.04. The number of methoxy groups -OCH3 is 1. The fourth-order valence-corrected chi connectivity index (χ4v) is 7.75. The lowest BCUT2D eigenvalue weighted by Gasteiger charge is -2.37. The number of ether oxygens (including phenoxy) is 1. The molecule has 1 aromatic carbocycles.